The van der Waals surface area contributed by atoms with Gasteiger partial charge < -0.3 is 14.4 Å². The zero-order valence-electron chi connectivity index (χ0n) is 10.5. The minimum atomic E-state index is -4.53. The number of carbonyl (C=O) groups is 2. The summed E-state index contributed by atoms with van der Waals surface area (Å²) in [5, 5.41) is 0. The van der Waals surface area contributed by atoms with E-state index in [2.05, 4.69) is 4.74 Å². The van der Waals surface area contributed by atoms with Crippen molar-refractivity contribution in [2.45, 2.75) is 25.9 Å². The Bertz CT molecular complexity index is 324. The second-order valence-electron chi connectivity index (χ2n) is 4.18. The Morgan fingerprint density at radius 2 is 1.79 bits per heavy atom. The van der Waals surface area contributed by atoms with Crippen molar-refractivity contribution in [2.75, 3.05) is 26.3 Å². The summed E-state index contributed by atoms with van der Waals surface area (Å²) in [7, 11) is 0. The van der Waals surface area contributed by atoms with Crippen LogP contribution in [0.2, 0.25) is 0 Å². The van der Waals surface area contributed by atoms with E-state index in [-0.39, 0.29) is 31.6 Å². The van der Waals surface area contributed by atoms with E-state index in [0.29, 0.717) is 12.8 Å². The Morgan fingerprint density at radius 3 is 2.26 bits per heavy atom. The monoisotopic (exact) mass is 283 g/mol. The summed E-state index contributed by atoms with van der Waals surface area (Å²) in [6, 6.07) is 0. The molecule has 1 amide bonds. The van der Waals surface area contributed by atoms with E-state index in [0.717, 1.165) is 0 Å². The van der Waals surface area contributed by atoms with E-state index in [9.17, 15) is 22.8 Å². The van der Waals surface area contributed by atoms with Gasteiger partial charge in [0.25, 0.3) is 0 Å². The molecule has 110 valence electrons. The maximum Gasteiger partial charge on any atom is 0.422 e. The second kappa shape index (κ2) is 6.63. The molecule has 1 heterocycles. The number of likely N-dealkylation sites (tertiary alicyclic amines) is 1. The highest BCUT2D eigenvalue weighted by molar-refractivity contribution is 5.73. The van der Waals surface area contributed by atoms with E-state index >= 15 is 0 Å². The average molecular weight is 283 g/mol. The number of carbonyl (C=O) groups excluding carboxylic acids is 2. The molecule has 1 rings (SSSR count). The fourth-order valence-corrected chi connectivity index (χ4v) is 1.79. The third kappa shape index (κ3) is 5.35. The number of hydrogen-bond donors (Lipinski definition) is 0. The highest BCUT2D eigenvalue weighted by Gasteiger charge is 2.33. The third-order valence-electron chi connectivity index (χ3n) is 2.73. The predicted octanol–water partition coefficient (Wildman–Crippen LogP) is 1.96. The van der Waals surface area contributed by atoms with Gasteiger partial charge in [-0.15, -0.1) is 0 Å². The van der Waals surface area contributed by atoms with Crippen molar-refractivity contribution in [1.82, 2.24) is 4.90 Å². The molecule has 0 aliphatic carbocycles. The molecule has 1 aliphatic rings. The van der Waals surface area contributed by atoms with Gasteiger partial charge in [0.1, 0.15) is 0 Å². The van der Waals surface area contributed by atoms with E-state index in [1.807, 2.05) is 0 Å². The number of halogens is 3. The summed E-state index contributed by atoms with van der Waals surface area (Å²) in [4.78, 5) is 23.9. The lowest BCUT2D eigenvalue weighted by Gasteiger charge is -2.30. The number of ether oxygens (including phenoxy) is 2. The molecule has 0 aromatic heterocycles. The van der Waals surface area contributed by atoms with Crippen molar-refractivity contribution in [3.63, 3.8) is 0 Å². The minimum absolute atomic E-state index is 0.195. The van der Waals surface area contributed by atoms with Gasteiger partial charge in [-0.05, 0) is 19.8 Å². The smallest absolute Gasteiger partial charge is 0.422 e. The number of rotatable bonds is 3. The first kappa shape index (κ1) is 15.6. The molecule has 0 radical (unpaired) electrons. The summed E-state index contributed by atoms with van der Waals surface area (Å²) in [5.41, 5.74) is 0. The molecule has 0 unspecified atom stereocenters. The van der Waals surface area contributed by atoms with E-state index in [1.54, 1.807) is 6.92 Å². The van der Waals surface area contributed by atoms with Crippen LogP contribution < -0.4 is 0 Å². The lowest BCUT2D eigenvalue weighted by Crippen LogP contribution is -2.41. The van der Waals surface area contributed by atoms with Crippen LogP contribution in [0.4, 0.5) is 18.0 Å². The maximum atomic E-state index is 11.9. The van der Waals surface area contributed by atoms with E-state index < -0.39 is 18.9 Å². The number of piperidine rings is 1. The first-order valence-electron chi connectivity index (χ1n) is 5.98. The van der Waals surface area contributed by atoms with Gasteiger partial charge in [0.05, 0.1) is 12.5 Å². The quantitative estimate of drug-likeness (QED) is 0.743. The van der Waals surface area contributed by atoms with Gasteiger partial charge in [-0.25, -0.2) is 4.79 Å². The molecular weight excluding hydrogens is 267 g/mol. The standard InChI is InChI=1S/C11H16F3NO4/c1-2-18-9(16)8-3-5-15(6-4-8)10(17)19-7-11(12,13)14/h8H,2-7H2,1H3. The molecule has 1 saturated heterocycles. The molecule has 19 heavy (non-hydrogen) atoms. The van der Waals surface area contributed by atoms with Crippen molar-refractivity contribution in [1.29, 1.82) is 0 Å². The molecular formula is C11H16F3NO4. The number of nitrogens with zero attached hydrogens (tertiary/aromatic N) is 1. The SMILES string of the molecule is CCOC(=O)C1CCN(C(=O)OCC(F)(F)F)CC1. The van der Waals surface area contributed by atoms with Gasteiger partial charge in [-0.1, -0.05) is 0 Å². The fourth-order valence-electron chi connectivity index (χ4n) is 1.79. The Balaban J connectivity index is 2.33. The molecule has 1 fully saturated rings. The van der Waals surface area contributed by atoms with Crippen molar-refractivity contribution >= 4 is 12.1 Å². The molecule has 1 aliphatic heterocycles. The van der Waals surface area contributed by atoms with Crippen molar-refractivity contribution in [3.05, 3.63) is 0 Å². The van der Waals surface area contributed by atoms with Crippen LogP contribution >= 0.6 is 0 Å². The van der Waals surface area contributed by atoms with Crippen molar-refractivity contribution < 1.29 is 32.2 Å². The molecule has 0 N–H and O–H groups in total. The first-order chi connectivity index (χ1) is 8.83. The van der Waals surface area contributed by atoms with Gasteiger partial charge in [0, 0.05) is 13.1 Å². The van der Waals surface area contributed by atoms with Crippen LogP contribution in [0.1, 0.15) is 19.8 Å². The van der Waals surface area contributed by atoms with Gasteiger partial charge >= 0.3 is 18.2 Å². The Kier molecular flexibility index (Phi) is 5.44. The van der Waals surface area contributed by atoms with Gasteiger partial charge in [-0.3, -0.25) is 4.79 Å². The topological polar surface area (TPSA) is 55.8 Å². The first-order valence-corrected chi connectivity index (χ1v) is 5.98. The summed E-state index contributed by atoms with van der Waals surface area (Å²) in [6.45, 7) is 0.776. The van der Waals surface area contributed by atoms with Crippen LogP contribution in [-0.4, -0.2) is 49.4 Å². The number of esters is 1. The Labute approximate surface area is 108 Å². The van der Waals surface area contributed by atoms with Crippen LogP contribution in [0.5, 0.6) is 0 Å². The van der Waals surface area contributed by atoms with Crippen LogP contribution in [-0.2, 0) is 14.3 Å². The summed E-state index contributed by atoms with van der Waals surface area (Å²) < 4.78 is 44.6. The molecule has 0 bridgehead atoms. The average Bonchev–Trinajstić information content (AvgIpc) is 2.35. The lowest BCUT2D eigenvalue weighted by atomic mass is 9.97. The third-order valence-corrected chi connectivity index (χ3v) is 2.73. The molecule has 0 aromatic carbocycles. The predicted molar refractivity (Wildman–Crippen MR) is 58.3 cm³/mol. The zero-order chi connectivity index (χ0) is 14.5. The summed E-state index contributed by atoms with van der Waals surface area (Å²) >= 11 is 0. The number of amides is 1. The fraction of sp³-hybridized carbons (Fsp3) is 0.818. The number of hydrogen-bond acceptors (Lipinski definition) is 4. The summed E-state index contributed by atoms with van der Waals surface area (Å²) in [6.07, 6.45) is -4.78. The Morgan fingerprint density at radius 1 is 1.21 bits per heavy atom. The molecule has 0 atom stereocenters. The highest BCUT2D eigenvalue weighted by Crippen LogP contribution is 2.20. The number of alkyl halides is 3. The van der Waals surface area contributed by atoms with Crippen molar-refractivity contribution in [3.8, 4) is 0 Å². The van der Waals surface area contributed by atoms with Gasteiger partial charge in [-0.2, -0.15) is 13.2 Å². The van der Waals surface area contributed by atoms with Crippen LogP contribution in [0.15, 0.2) is 0 Å². The normalized spacial score (nSPS) is 17.2. The zero-order valence-corrected chi connectivity index (χ0v) is 10.5. The largest absolute Gasteiger partial charge is 0.466 e. The van der Waals surface area contributed by atoms with Gasteiger partial charge in [0.15, 0.2) is 6.61 Å². The molecule has 8 heteroatoms. The Hall–Kier alpha value is -1.47. The van der Waals surface area contributed by atoms with Crippen LogP contribution in [0, 0.1) is 5.92 Å². The lowest BCUT2D eigenvalue weighted by molar-refractivity contribution is -0.162. The van der Waals surface area contributed by atoms with Crippen LogP contribution in [0.25, 0.3) is 0 Å². The highest BCUT2D eigenvalue weighted by atomic mass is 19.4. The van der Waals surface area contributed by atoms with E-state index in [1.165, 1.54) is 4.90 Å². The van der Waals surface area contributed by atoms with Crippen molar-refractivity contribution in [2.24, 2.45) is 5.92 Å². The summed E-state index contributed by atoms with van der Waals surface area (Å²) in [5.74, 6) is -0.627. The van der Waals surface area contributed by atoms with E-state index in [4.69, 9.17) is 4.74 Å². The maximum absolute atomic E-state index is 11.9. The van der Waals surface area contributed by atoms with Crippen LogP contribution in [0.3, 0.4) is 0 Å². The second-order valence-corrected chi connectivity index (χ2v) is 4.18. The molecule has 0 aromatic rings. The molecule has 0 saturated carbocycles. The molecule has 5 nitrogen and oxygen atoms in total. The minimum Gasteiger partial charge on any atom is -0.466 e. The molecule has 0 spiro atoms. The van der Waals surface area contributed by atoms with Gasteiger partial charge in [0.2, 0.25) is 0 Å².